The first-order valence-corrected chi connectivity index (χ1v) is 9.20. The number of rotatable bonds is 7. The minimum absolute atomic E-state index is 0.402. The maximum absolute atomic E-state index is 10.6. The van der Waals surface area contributed by atoms with Crippen molar-refractivity contribution in [2.24, 2.45) is 11.8 Å². The van der Waals surface area contributed by atoms with Crippen molar-refractivity contribution in [2.45, 2.75) is 76.9 Å². The van der Waals surface area contributed by atoms with Gasteiger partial charge in [-0.05, 0) is 57.5 Å². The van der Waals surface area contributed by atoms with E-state index in [2.05, 4.69) is 31.1 Å². The van der Waals surface area contributed by atoms with Gasteiger partial charge in [-0.1, -0.05) is 33.1 Å². The van der Waals surface area contributed by atoms with Crippen LogP contribution in [0, 0.1) is 11.8 Å². The van der Waals surface area contributed by atoms with Crippen LogP contribution in [0.3, 0.4) is 0 Å². The summed E-state index contributed by atoms with van der Waals surface area (Å²) in [6, 6.07) is 0.679. The molecule has 0 spiro atoms. The average molecular weight is 296 g/mol. The standard InChI is InChI=1S/C18H36N2O/c1-4-15-8-9-17(19-5-2)16(12-15)13-20(3)14-18(21)10-6-7-11-18/h15-17,19,21H,4-14H2,1-3H3. The summed E-state index contributed by atoms with van der Waals surface area (Å²) in [5.74, 6) is 1.66. The normalized spacial score (nSPS) is 32.7. The van der Waals surface area contributed by atoms with Gasteiger partial charge in [0.15, 0.2) is 0 Å². The minimum atomic E-state index is -0.402. The zero-order valence-electron chi connectivity index (χ0n) is 14.4. The zero-order chi connectivity index (χ0) is 15.3. The molecule has 2 fully saturated rings. The second-order valence-corrected chi connectivity index (χ2v) is 7.64. The van der Waals surface area contributed by atoms with E-state index in [9.17, 15) is 5.11 Å². The third-order valence-corrected chi connectivity index (χ3v) is 5.78. The molecule has 2 saturated carbocycles. The molecule has 3 heteroatoms. The topological polar surface area (TPSA) is 35.5 Å². The highest BCUT2D eigenvalue weighted by molar-refractivity contribution is 4.90. The van der Waals surface area contributed by atoms with Crippen molar-refractivity contribution in [1.29, 1.82) is 0 Å². The molecule has 0 aromatic carbocycles. The van der Waals surface area contributed by atoms with Gasteiger partial charge < -0.3 is 15.3 Å². The molecule has 0 radical (unpaired) electrons. The molecule has 2 aliphatic rings. The molecule has 2 aliphatic carbocycles. The zero-order valence-corrected chi connectivity index (χ0v) is 14.4. The highest BCUT2D eigenvalue weighted by Gasteiger charge is 2.34. The Bertz CT molecular complexity index is 302. The molecule has 21 heavy (non-hydrogen) atoms. The van der Waals surface area contributed by atoms with Gasteiger partial charge in [0.2, 0.25) is 0 Å². The molecule has 0 amide bonds. The summed E-state index contributed by atoms with van der Waals surface area (Å²) in [6.45, 7) is 7.62. The average Bonchev–Trinajstić information content (AvgIpc) is 2.87. The van der Waals surface area contributed by atoms with Crippen LogP contribution in [0.4, 0.5) is 0 Å². The lowest BCUT2D eigenvalue weighted by Crippen LogP contribution is -2.48. The number of hydrogen-bond donors (Lipinski definition) is 2. The quantitative estimate of drug-likeness (QED) is 0.758. The van der Waals surface area contributed by atoms with Crippen LogP contribution in [0.25, 0.3) is 0 Å². The number of likely N-dealkylation sites (N-methyl/N-ethyl adjacent to an activating group) is 1. The van der Waals surface area contributed by atoms with E-state index < -0.39 is 5.60 Å². The summed E-state index contributed by atoms with van der Waals surface area (Å²) in [6.07, 6.45) is 9.79. The molecule has 0 aromatic rings. The van der Waals surface area contributed by atoms with E-state index in [4.69, 9.17) is 0 Å². The molecule has 3 unspecified atom stereocenters. The van der Waals surface area contributed by atoms with Gasteiger partial charge in [-0.15, -0.1) is 0 Å². The maximum Gasteiger partial charge on any atom is 0.0774 e. The van der Waals surface area contributed by atoms with Crippen molar-refractivity contribution in [3.63, 3.8) is 0 Å². The van der Waals surface area contributed by atoms with Gasteiger partial charge in [-0.25, -0.2) is 0 Å². The summed E-state index contributed by atoms with van der Waals surface area (Å²) in [7, 11) is 2.20. The van der Waals surface area contributed by atoms with Crippen molar-refractivity contribution in [1.82, 2.24) is 10.2 Å². The van der Waals surface area contributed by atoms with Gasteiger partial charge in [0.05, 0.1) is 5.60 Å². The molecule has 0 bridgehead atoms. The van der Waals surface area contributed by atoms with Crippen LogP contribution < -0.4 is 5.32 Å². The number of nitrogens with zero attached hydrogens (tertiary/aromatic N) is 1. The molecule has 0 saturated heterocycles. The van der Waals surface area contributed by atoms with Crippen LogP contribution in [0.1, 0.15) is 65.2 Å². The Kier molecular flexibility index (Phi) is 6.51. The maximum atomic E-state index is 10.6. The number of hydrogen-bond acceptors (Lipinski definition) is 3. The van der Waals surface area contributed by atoms with Crippen LogP contribution >= 0.6 is 0 Å². The highest BCUT2D eigenvalue weighted by atomic mass is 16.3. The molecule has 0 aromatic heterocycles. The Morgan fingerprint density at radius 2 is 1.90 bits per heavy atom. The van der Waals surface area contributed by atoms with Crippen molar-refractivity contribution in [3.8, 4) is 0 Å². The predicted octanol–water partition coefficient (Wildman–Crippen LogP) is 3.03. The largest absolute Gasteiger partial charge is 0.389 e. The van der Waals surface area contributed by atoms with Crippen LogP contribution in [0.2, 0.25) is 0 Å². The lowest BCUT2D eigenvalue weighted by molar-refractivity contribution is 0.00836. The third kappa shape index (κ3) is 4.94. The van der Waals surface area contributed by atoms with E-state index in [0.717, 1.165) is 44.3 Å². The summed E-state index contributed by atoms with van der Waals surface area (Å²) in [4.78, 5) is 2.40. The molecule has 124 valence electrons. The Labute approximate surface area is 131 Å². The smallest absolute Gasteiger partial charge is 0.0774 e. The molecule has 3 nitrogen and oxygen atoms in total. The number of nitrogens with one attached hydrogen (secondary N) is 1. The first-order chi connectivity index (χ1) is 10.1. The fourth-order valence-electron chi connectivity index (χ4n) is 4.62. The second kappa shape index (κ2) is 7.94. The summed E-state index contributed by atoms with van der Waals surface area (Å²) in [5, 5.41) is 14.3. The van der Waals surface area contributed by atoms with Gasteiger partial charge >= 0.3 is 0 Å². The molecular formula is C18H36N2O. The van der Waals surface area contributed by atoms with Crippen molar-refractivity contribution in [3.05, 3.63) is 0 Å². The Morgan fingerprint density at radius 3 is 2.52 bits per heavy atom. The fraction of sp³-hybridized carbons (Fsp3) is 1.00. The van der Waals surface area contributed by atoms with E-state index in [1.54, 1.807) is 0 Å². The molecule has 2 rings (SSSR count). The van der Waals surface area contributed by atoms with Gasteiger partial charge in [0, 0.05) is 19.1 Å². The summed E-state index contributed by atoms with van der Waals surface area (Å²) in [5.41, 5.74) is -0.402. The summed E-state index contributed by atoms with van der Waals surface area (Å²) < 4.78 is 0. The summed E-state index contributed by atoms with van der Waals surface area (Å²) >= 11 is 0. The SMILES string of the molecule is CCNC1CCC(CC)CC1CN(C)CC1(O)CCCC1. The van der Waals surface area contributed by atoms with Crippen molar-refractivity contribution in [2.75, 3.05) is 26.7 Å². The minimum Gasteiger partial charge on any atom is -0.389 e. The molecular weight excluding hydrogens is 260 g/mol. The Morgan fingerprint density at radius 1 is 1.19 bits per heavy atom. The van der Waals surface area contributed by atoms with E-state index in [0.29, 0.717) is 6.04 Å². The van der Waals surface area contributed by atoms with Crippen molar-refractivity contribution < 1.29 is 5.11 Å². The van der Waals surface area contributed by atoms with Crippen LogP contribution in [0.5, 0.6) is 0 Å². The third-order valence-electron chi connectivity index (χ3n) is 5.78. The first-order valence-electron chi connectivity index (χ1n) is 9.20. The van der Waals surface area contributed by atoms with Crippen LogP contribution in [0.15, 0.2) is 0 Å². The lowest BCUT2D eigenvalue weighted by Gasteiger charge is -2.39. The van der Waals surface area contributed by atoms with Crippen molar-refractivity contribution >= 4 is 0 Å². The monoisotopic (exact) mass is 296 g/mol. The van der Waals surface area contributed by atoms with E-state index in [1.807, 2.05) is 0 Å². The van der Waals surface area contributed by atoms with E-state index >= 15 is 0 Å². The van der Waals surface area contributed by atoms with Gasteiger partial charge in [-0.2, -0.15) is 0 Å². The molecule has 0 heterocycles. The van der Waals surface area contributed by atoms with Crippen LogP contribution in [-0.2, 0) is 0 Å². The number of aliphatic hydroxyl groups is 1. The Balaban J connectivity index is 1.87. The van der Waals surface area contributed by atoms with Gasteiger partial charge in [0.25, 0.3) is 0 Å². The van der Waals surface area contributed by atoms with E-state index in [1.165, 1.54) is 38.5 Å². The lowest BCUT2D eigenvalue weighted by atomic mass is 9.76. The highest BCUT2D eigenvalue weighted by Crippen LogP contribution is 2.33. The van der Waals surface area contributed by atoms with Gasteiger partial charge in [0.1, 0.15) is 0 Å². The molecule has 2 N–H and O–H groups in total. The predicted molar refractivity (Wildman–Crippen MR) is 89.5 cm³/mol. The first kappa shape index (κ1) is 17.2. The molecule has 3 atom stereocenters. The van der Waals surface area contributed by atoms with Crippen LogP contribution in [-0.4, -0.2) is 48.3 Å². The van der Waals surface area contributed by atoms with Gasteiger partial charge in [-0.3, -0.25) is 0 Å². The molecule has 0 aliphatic heterocycles. The Hall–Kier alpha value is -0.120. The van der Waals surface area contributed by atoms with E-state index in [-0.39, 0.29) is 0 Å². The second-order valence-electron chi connectivity index (χ2n) is 7.64. The fourth-order valence-corrected chi connectivity index (χ4v) is 4.62.